The van der Waals surface area contributed by atoms with Crippen LogP contribution in [-0.2, 0) is 10.8 Å². The van der Waals surface area contributed by atoms with Gasteiger partial charge in [-0.05, 0) is 151 Å². The standard InChI is InChI=1S/C70H51NS2/c1-69(2)63-36-11-13-38-66(63)72-67-40-39-49(45-64(67)69)48-21-16-27-54(43-48)71(55-28-17-22-50(44-55)56-32-18-33-60-59-31-8-12-37-65(59)73-68(56)60)53-26-15-20-47(42-53)46-19-14-25-52(41-46)70(51-23-4-3-5-24-51)61-34-9-6-29-57(61)58-30-7-10-35-62(58)70/h3-23,25-45,51H,24H2,1-2H3. The Labute approximate surface area is 436 Å². The normalized spacial score (nSPS) is 15.7. The Morgan fingerprint density at radius 2 is 0.973 bits per heavy atom. The number of thiophene rings is 1. The molecule has 348 valence electrons. The van der Waals surface area contributed by atoms with Gasteiger partial charge in [0.15, 0.2) is 0 Å². The molecule has 0 N–H and O–H groups in total. The highest BCUT2D eigenvalue weighted by Crippen LogP contribution is 2.58. The lowest BCUT2D eigenvalue weighted by molar-refractivity contribution is 0.457. The predicted octanol–water partition coefficient (Wildman–Crippen LogP) is 19.8. The van der Waals surface area contributed by atoms with Crippen molar-refractivity contribution in [1.82, 2.24) is 0 Å². The third kappa shape index (κ3) is 7.05. The molecule has 1 atom stereocenters. The Balaban J connectivity index is 0.917. The molecule has 1 aromatic heterocycles. The minimum atomic E-state index is -0.347. The zero-order valence-electron chi connectivity index (χ0n) is 40.8. The van der Waals surface area contributed by atoms with Crippen LogP contribution in [0.1, 0.15) is 48.1 Å². The Hall–Kier alpha value is -7.95. The molecule has 3 aliphatic rings. The van der Waals surface area contributed by atoms with Gasteiger partial charge in [0.25, 0.3) is 0 Å². The number of benzene rings is 10. The van der Waals surface area contributed by atoms with Crippen LogP contribution in [0.5, 0.6) is 0 Å². The average Bonchev–Trinajstić information content (AvgIpc) is 3.98. The third-order valence-electron chi connectivity index (χ3n) is 16.0. The van der Waals surface area contributed by atoms with Crippen LogP contribution in [-0.4, -0.2) is 0 Å². The van der Waals surface area contributed by atoms with E-state index in [0.29, 0.717) is 0 Å². The van der Waals surface area contributed by atoms with E-state index in [4.69, 9.17) is 0 Å². The minimum absolute atomic E-state index is 0.124. The zero-order chi connectivity index (χ0) is 48.7. The van der Waals surface area contributed by atoms with E-state index in [0.717, 1.165) is 23.5 Å². The van der Waals surface area contributed by atoms with Crippen LogP contribution >= 0.6 is 23.1 Å². The van der Waals surface area contributed by atoms with Gasteiger partial charge >= 0.3 is 0 Å². The molecule has 73 heavy (non-hydrogen) atoms. The van der Waals surface area contributed by atoms with Gasteiger partial charge in [-0.25, -0.2) is 0 Å². The fraction of sp³-hybridized carbons (Fsp3) is 0.0857. The van der Waals surface area contributed by atoms with Crippen molar-refractivity contribution in [3.05, 3.63) is 283 Å². The monoisotopic (exact) mass is 969 g/mol. The number of nitrogens with zero attached hydrogens (tertiary/aromatic N) is 1. The molecule has 14 rings (SSSR count). The first-order chi connectivity index (χ1) is 35.9. The van der Waals surface area contributed by atoms with Crippen LogP contribution in [0.3, 0.4) is 0 Å². The van der Waals surface area contributed by atoms with Gasteiger partial charge in [0, 0.05) is 52.4 Å². The maximum atomic E-state index is 2.48. The van der Waals surface area contributed by atoms with Crippen molar-refractivity contribution in [1.29, 1.82) is 0 Å². The summed E-state index contributed by atoms with van der Waals surface area (Å²) in [4.78, 5) is 5.14. The second-order valence-electron chi connectivity index (χ2n) is 20.3. The van der Waals surface area contributed by atoms with Crippen LogP contribution in [0, 0.1) is 5.92 Å². The number of fused-ring (bicyclic) bond motifs is 8. The molecule has 1 unspecified atom stereocenters. The Morgan fingerprint density at radius 3 is 1.68 bits per heavy atom. The van der Waals surface area contributed by atoms with Gasteiger partial charge in [-0.1, -0.05) is 214 Å². The van der Waals surface area contributed by atoms with Gasteiger partial charge in [-0.3, -0.25) is 0 Å². The number of rotatable bonds is 8. The molecule has 0 saturated carbocycles. The molecule has 10 aromatic carbocycles. The lowest BCUT2D eigenvalue weighted by Crippen LogP contribution is -2.35. The van der Waals surface area contributed by atoms with Crippen molar-refractivity contribution in [3.63, 3.8) is 0 Å². The molecule has 1 nitrogen and oxygen atoms in total. The Kier molecular flexibility index (Phi) is 10.4. The average molecular weight is 970 g/mol. The quantitative estimate of drug-likeness (QED) is 0.149. The molecule has 0 fully saturated rings. The van der Waals surface area contributed by atoms with E-state index in [1.54, 1.807) is 0 Å². The summed E-state index contributed by atoms with van der Waals surface area (Å²) in [5.74, 6) is 0.257. The smallest absolute Gasteiger partial charge is 0.0529 e. The van der Waals surface area contributed by atoms with Gasteiger partial charge in [0.1, 0.15) is 0 Å². The maximum Gasteiger partial charge on any atom is 0.0529 e. The SMILES string of the molecule is CC1(C)c2ccccc2Sc2ccc(-c3cccc(N(c4cccc(-c5cccc(C6(C7C=CC=CC7)c7ccccc7-c7ccccc76)c5)c4)c4cccc(-c5cccc6c5sc5ccccc56)c4)c3)cc21. The predicted molar refractivity (Wildman–Crippen MR) is 311 cm³/mol. The third-order valence-corrected chi connectivity index (χ3v) is 18.3. The van der Waals surface area contributed by atoms with Crippen molar-refractivity contribution in [3.8, 4) is 44.5 Å². The maximum absolute atomic E-state index is 2.48. The summed E-state index contributed by atoms with van der Waals surface area (Å²) in [6.45, 7) is 4.74. The first-order valence-corrected chi connectivity index (χ1v) is 27.1. The highest BCUT2D eigenvalue weighted by molar-refractivity contribution is 7.99. The Bertz CT molecular complexity index is 4010. The molecular formula is C70H51NS2. The molecule has 0 spiro atoms. The van der Waals surface area contributed by atoms with Crippen molar-refractivity contribution in [2.75, 3.05) is 4.90 Å². The Morgan fingerprint density at radius 1 is 0.425 bits per heavy atom. The van der Waals surface area contributed by atoms with Crippen LogP contribution in [0.4, 0.5) is 17.1 Å². The van der Waals surface area contributed by atoms with Gasteiger partial charge in [-0.15, -0.1) is 11.3 Å². The first kappa shape index (κ1) is 43.8. The molecule has 2 heterocycles. The molecule has 0 amide bonds. The fourth-order valence-corrected chi connectivity index (χ4v) is 15.2. The lowest BCUT2D eigenvalue weighted by atomic mass is 9.62. The molecule has 0 bridgehead atoms. The molecular weight excluding hydrogens is 919 g/mol. The molecule has 2 aliphatic carbocycles. The fourth-order valence-electron chi connectivity index (χ4n) is 12.5. The van der Waals surface area contributed by atoms with E-state index < -0.39 is 0 Å². The van der Waals surface area contributed by atoms with E-state index in [-0.39, 0.29) is 16.7 Å². The summed E-state index contributed by atoms with van der Waals surface area (Å²) < 4.78 is 2.63. The van der Waals surface area contributed by atoms with Crippen molar-refractivity contribution < 1.29 is 0 Å². The van der Waals surface area contributed by atoms with E-state index in [2.05, 4.69) is 274 Å². The van der Waals surface area contributed by atoms with Crippen molar-refractivity contribution in [2.45, 2.75) is 40.9 Å². The van der Waals surface area contributed by atoms with Crippen LogP contribution < -0.4 is 4.90 Å². The van der Waals surface area contributed by atoms with Crippen LogP contribution in [0.25, 0.3) is 64.7 Å². The summed E-state index contributed by atoms with van der Waals surface area (Å²) in [6.07, 6.45) is 10.2. The number of anilines is 3. The zero-order valence-corrected chi connectivity index (χ0v) is 42.4. The topological polar surface area (TPSA) is 3.24 Å². The summed E-state index contributed by atoms with van der Waals surface area (Å²) in [5.41, 5.74) is 19.6. The van der Waals surface area contributed by atoms with Crippen molar-refractivity contribution in [2.24, 2.45) is 5.92 Å². The molecule has 0 radical (unpaired) electrons. The lowest BCUT2D eigenvalue weighted by Gasteiger charge is -2.40. The highest BCUT2D eigenvalue weighted by Gasteiger charge is 2.49. The number of allylic oxidation sites excluding steroid dienone is 4. The highest BCUT2D eigenvalue weighted by atomic mass is 32.2. The summed E-state index contributed by atoms with van der Waals surface area (Å²) >= 11 is 3.77. The van der Waals surface area contributed by atoms with E-state index in [1.807, 2.05) is 23.1 Å². The summed E-state index contributed by atoms with van der Waals surface area (Å²) in [7, 11) is 0. The second kappa shape index (κ2) is 17.4. The summed E-state index contributed by atoms with van der Waals surface area (Å²) in [5, 5.41) is 2.62. The van der Waals surface area contributed by atoms with E-state index in [9.17, 15) is 0 Å². The molecule has 0 saturated heterocycles. The van der Waals surface area contributed by atoms with E-state index >= 15 is 0 Å². The van der Waals surface area contributed by atoms with Gasteiger partial charge in [0.2, 0.25) is 0 Å². The number of hydrogen-bond acceptors (Lipinski definition) is 3. The van der Waals surface area contributed by atoms with Gasteiger partial charge in [-0.2, -0.15) is 0 Å². The minimum Gasteiger partial charge on any atom is -0.310 e. The second-order valence-corrected chi connectivity index (χ2v) is 22.5. The first-order valence-electron chi connectivity index (χ1n) is 25.5. The van der Waals surface area contributed by atoms with Gasteiger partial charge in [0.05, 0.1) is 5.41 Å². The van der Waals surface area contributed by atoms with Crippen molar-refractivity contribution >= 4 is 60.3 Å². The van der Waals surface area contributed by atoms with Crippen LogP contribution in [0.2, 0.25) is 0 Å². The molecule has 3 heteroatoms. The molecule has 11 aromatic rings. The number of hydrogen-bond donors (Lipinski definition) is 0. The summed E-state index contributed by atoms with van der Waals surface area (Å²) in [6, 6.07) is 86.7. The molecule has 1 aliphatic heterocycles. The van der Waals surface area contributed by atoms with E-state index in [1.165, 1.54) is 102 Å². The van der Waals surface area contributed by atoms with Gasteiger partial charge < -0.3 is 4.90 Å². The largest absolute Gasteiger partial charge is 0.310 e. The van der Waals surface area contributed by atoms with Crippen LogP contribution in [0.15, 0.2) is 265 Å².